The molecule has 0 spiro atoms. The van der Waals surface area contributed by atoms with E-state index in [2.05, 4.69) is 208 Å². The first-order valence-corrected chi connectivity index (χ1v) is 21.6. The Bertz CT molecular complexity index is 3590. The summed E-state index contributed by atoms with van der Waals surface area (Å²) in [5, 5.41) is 4.46. The summed E-state index contributed by atoms with van der Waals surface area (Å²) in [6.45, 7) is 7.06. The molecular formula is C59H41NO2. The molecule has 0 unspecified atom stereocenters. The van der Waals surface area contributed by atoms with Gasteiger partial charge in [0.25, 0.3) is 0 Å². The fraction of sp³-hybridized carbons (Fsp3) is 0.0847. The largest absolute Gasteiger partial charge is 0.455 e. The molecule has 2 aliphatic carbocycles. The number of hydrogen-bond donors (Lipinski definition) is 0. The monoisotopic (exact) mass is 795 g/mol. The van der Waals surface area contributed by atoms with Crippen molar-refractivity contribution in [1.82, 2.24) is 0 Å². The van der Waals surface area contributed by atoms with Crippen LogP contribution in [-0.2, 0) is 10.8 Å². The molecule has 0 aliphatic heterocycles. The van der Waals surface area contributed by atoms with E-state index >= 15 is 0 Å². The molecule has 13 rings (SSSR count). The van der Waals surface area contributed by atoms with E-state index in [1.165, 1.54) is 50.1 Å². The van der Waals surface area contributed by atoms with Gasteiger partial charge in [-0.15, -0.1) is 0 Å². The molecule has 62 heavy (non-hydrogen) atoms. The van der Waals surface area contributed by atoms with E-state index in [1.54, 1.807) is 0 Å². The summed E-state index contributed by atoms with van der Waals surface area (Å²) in [6.07, 6.45) is 0. The van der Waals surface area contributed by atoms with Crippen molar-refractivity contribution in [3.63, 3.8) is 0 Å². The lowest BCUT2D eigenvalue weighted by atomic mass is 9.74. The van der Waals surface area contributed by atoms with Crippen LogP contribution < -0.4 is 4.90 Å². The first-order valence-electron chi connectivity index (χ1n) is 21.6. The number of para-hydroxylation sites is 4. The van der Waals surface area contributed by atoms with Crippen LogP contribution in [0.4, 0.5) is 17.1 Å². The second kappa shape index (κ2) is 12.7. The maximum Gasteiger partial charge on any atom is 0.159 e. The molecule has 0 N–H and O–H groups in total. The summed E-state index contributed by atoms with van der Waals surface area (Å²) >= 11 is 0. The van der Waals surface area contributed by atoms with Crippen LogP contribution in [0.2, 0.25) is 0 Å². The second-order valence-electron chi connectivity index (χ2n) is 17.7. The quantitative estimate of drug-likeness (QED) is 0.174. The van der Waals surface area contributed by atoms with Crippen molar-refractivity contribution in [1.29, 1.82) is 0 Å². The van der Waals surface area contributed by atoms with E-state index in [1.807, 2.05) is 12.1 Å². The number of rotatable bonds is 5. The maximum absolute atomic E-state index is 7.35. The van der Waals surface area contributed by atoms with Crippen LogP contribution in [0.1, 0.15) is 48.6 Å². The van der Waals surface area contributed by atoms with Gasteiger partial charge in [0.05, 0.1) is 5.69 Å². The van der Waals surface area contributed by atoms with Crippen molar-refractivity contribution in [3.05, 3.63) is 222 Å². The molecule has 0 radical (unpaired) electrons. The highest BCUT2D eigenvalue weighted by Gasteiger charge is 2.42. The van der Waals surface area contributed by atoms with E-state index in [9.17, 15) is 0 Å². The van der Waals surface area contributed by atoms with Crippen molar-refractivity contribution in [2.24, 2.45) is 0 Å². The summed E-state index contributed by atoms with van der Waals surface area (Å²) in [7, 11) is 0. The van der Waals surface area contributed by atoms with E-state index in [4.69, 9.17) is 8.83 Å². The molecule has 0 saturated carbocycles. The third kappa shape index (κ3) is 4.71. The van der Waals surface area contributed by atoms with Crippen molar-refractivity contribution in [2.75, 3.05) is 4.90 Å². The van der Waals surface area contributed by atoms with Crippen LogP contribution in [0.25, 0.3) is 77.3 Å². The lowest BCUT2D eigenvalue weighted by Crippen LogP contribution is -2.22. The molecule has 0 saturated heterocycles. The maximum atomic E-state index is 7.35. The normalized spacial score (nSPS) is 14.3. The van der Waals surface area contributed by atoms with Crippen LogP contribution >= 0.6 is 0 Å². The van der Waals surface area contributed by atoms with Crippen LogP contribution in [0.5, 0.6) is 0 Å². The smallest absolute Gasteiger partial charge is 0.159 e. The highest BCUT2D eigenvalue weighted by atomic mass is 16.3. The molecule has 0 bridgehead atoms. The number of fused-ring (bicyclic) bond motifs is 12. The molecular weight excluding hydrogens is 755 g/mol. The van der Waals surface area contributed by atoms with E-state index in [0.29, 0.717) is 0 Å². The van der Waals surface area contributed by atoms with Gasteiger partial charge in [-0.2, -0.15) is 0 Å². The van der Waals surface area contributed by atoms with Crippen molar-refractivity contribution in [3.8, 4) is 33.4 Å². The van der Waals surface area contributed by atoms with E-state index in [-0.39, 0.29) is 5.41 Å². The Morgan fingerprint density at radius 3 is 1.61 bits per heavy atom. The zero-order chi connectivity index (χ0) is 41.3. The van der Waals surface area contributed by atoms with Crippen molar-refractivity contribution >= 4 is 60.9 Å². The summed E-state index contributed by atoms with van der Waals surface area (Å²) in [6, 6.07) is 70.5. The van der Waals surface area contributed by atoms with Gasteiger partial charge in [-0.3, -0.25) is 0 Å². The second-order valence-corrected chi connectivity index (χ2v) is 17.7. The van der Waals surface area contributed by atoms with Gasteiger partial charge in [0.1, 0.15) is 16.7 Å². The highest BCUT2D eigenvalue weighted by molar-refractivity contribution is 6.12. The zero-order valence-corrected chi connectivity index (χ0v) is 34.7. The predicted octanol–water partition coefficient (Wildman–Crippen LogP) is 16.3. The van der Waals surface area contributed by atoms with Crippen LogP contribution in [0, 0.1) is 0 Å². The van der Waals surface area contributed by atoms with Crippen molar-refractivity contribution < 1.29 is 8.83 Å². The first-order chi connectivity index (χ1) is 30.4. The van der Waals surface area contributed by atoms with Gasteiger partial charge in [-0.05, 0) is 93.4 Å². The van der Waals surface area contributed by atoms with Gasteiger partial charge in [0.2, 0.25) is 0 Å². The highest BCUT2D eigenvalue weighted by Crippen LogP contribution is 2.55. The predicted molar refractivity (Wildman–Crippen MR) is 256 cm³/mol. The third-order valence-corrected chi connectivity index (χ3v) is 14.2. The van der Waals surface area contributed by atoms with Gasteiger partial charge in [0.15, 0.2) is 5.58 Å². The molecule has 2 aromatic heterocycles. The molecule has 294 valence electrons. The van der Waals surface area contributed by atoms with Crippen LogP contribution in [-0.4, -0.2) is 0 Å². The first kappa shape index (κ1) is 35.2. The molecule has 0 amide bonds. The molecule has 3 heteroatoms. The van der Waals surface area contributed by atoms with Crippen molar-refractivity contribution in [2.45, 2.75) is 31.6 Å². The van der Waals surface area contributed by atoms with E-state index < -0.39 is 5.41 Å². The minimum Gasteiger partial charge on any atom is -0.455 e. The van der Waals surface area contributed by atoms with Crippen LogP contribution in [0.15, 0.2) is 203 Å². The Hall–Kier alpha value is -7.62. The summed E-state index contributed by atoms with van der Waals surface area (Å²) in [4.78, 5) is 2.39. The number of furan rings is 2. The molecule has 2 aliphatic rings. The molecule has 0 atom stereocenters. The standard InChI is InChI=1S/C59H41NO2/c1-58(2)48-23-8-4-15-40(48)43-34-33-38(35-52(43)58)60(37-31-29-36(30-32-37)39-19-12-20-45-44-18-7-11-28-54(44)61-55(39)45)53-27-14-22-47-46-21-13-26-51(56(46)62-57(47)53)59(3)49-24-9-5-16-41(49)42-17-6-10-25-50(42)59/h4-35H,1-3H3. The number of anilines is 3. The number of hydrogen-bond acceptors (Lipinski definition) is 3. The van der Waals surface area contributed by atoms with Gasteiger partial charge in [0, 0.05) is 54.9 Å². The Labute approximate surface area is 360 Å². The molecule has 9 aromatic carbocycles. The summed E-state index contributed by atoms with van der Waals surface area (Å²) < 4.78 is 13.8. The fourth-order valence-electron chi connectivity index (χ4n) is 11.1. The Kier molecular flexibility index (Phi) is 7.20. The SMILES string of the molecule is CC1(C)c2ccccc2-c2ccc(N(c3ccc(-c4cccc5c4oc4ccccc45)cc3)c3cccc4c3oc3c(C5(C)c6ccccc6-c6ccccc65)cccc34)cc21. The van der Waals surface area contributed by atoms with Crippen LogP contribution in [0.3, 0.4) is 0 Å². The third-order valence-electron chi connectivity index (χ3n) is 14.2. The molecule has 2 heterocycles. The molecule has 11 aromatic rings. The Balaban J connectivity index is 1.02. The van der Waals surface area contributed by atoms with Gasteiger partial charge in [-0.25, -0.2) is 0 Å². The average molecular weight is 796 g/mol. The van der Waals surface area contributed by atoms with Gasteiger partial charge >= 0.3 is 0 Å². The zero-order valence-electron chi connectivity index (χ0n) is 34.7. The molecule has 0 fully saturated rings. The Morgan fingerprint density at radius 2 is 0.871 bits per heavy atom. The lowest BCUT2D eigenvalue weighted by molar-refractivity contribution is 0.638. The van der Waals surface area contributed by atoms with E-state index in [0.717, 1.165) is 72.1 Å². The Morgan fingerprint density at radius 1 is 0.355 bits per heavy atom. The summed E-state index contributed by atoms with van der Waals surface area (Å²) in [5.74, 6) is 0. The number of nitrogens with zero attached hydrogens (tertiary/aromatic N) is 1. The minimum absolute atomic E-state index is 0.160. The summed E-state index contributed by atoms with van der Waals surface area (Å²) in [5.41, 5.74) is 19.9. The topological polar surface area (TPSA) is 29.5 Å². The number of benzene rings is 9. The average Bonchev–Trinajstić information content (AvgIpc) is 4.03. The van der Waals surface area contributed by atoms with Gasteiger partial charge < -0.3 is 13.7 Å². The van der Waals surface area contributed by atoms with Gasteiger partial charge in [-0.1, -0.05) is 172 Å². The lowest BCUT2D eigenvalue weighted by Gasteiger charge is -2.28. The minimum atomic E-state index is -0.403. The molecule has 3 nitrogen and oxygen atoms in total. The fourth-order valence-corrected chi connectivity index (χ4v) is 11.1.